The van der Waals surface area contributed by atoms with Crippen LogP contribution in [0.4, 0.5) is 0 Å². The largest absolute Gasteiger partial charge is 0.493 e. The van der Waals surface area contributed by atoms with Gasteiger partial charge in [0.05, 0.1) is 21.3 Å². The molecule has 0 amide bonds. The Morgan fingerprint density at radius 2 is 1.35 bits per heavy atom. The Hall–Kier alpha value is -1.87. The van der Waals surface area contributed by atoms with Crippen LogP contribution >= 0.6 is 11.6 Å². The molecule has 0 aliphatic heterocycles. The average molecular weight is 293 g/mol. The van der Waals surface area contributed by atoms with Crippen molar-refractivity contribution in [3.05, 3.63) is 42.0 Å². The van der Waals surface area contributed by atoms with Crippen LogP contribution in [0.5, 0.6) is 17.2 Å². The van der Waals surface area contributed by atoms with E-state index in [-0.39, 0.29) is 0 Å². The zero-order valence-corrected chi connectivity index (χ0v) is 12.5. The first kappa shape index (κ1) is 14.5. The van der Waals surface area contributed by atoms with Gasteiger partial charge in [0.2, 0.25) is 5.75 Å². The summed E-state index contributed by atoms with van der Waals surface area (Å²) in [7, 11) is 4.81. The molecule has 0 aliphatic rings. The van der Waals surface area contributed by atoms with E-state index in [0.717, 1.165) is 16.7 Å². The van der Waals surface area contributed by atoms with E-state index in [9.17, 15) is 0 Å². The van der Waals surface area contributed by atoms with Crippen molar-refractivity contribution < 1.29 is 14.2 Å². The van der Waals surface area contributed by atoms with Gasteiger partial charge >= 0.3 is 0 Å². The number of methoxy groups -OCH3 is 3. The second-order valence-corrected chi connectivity index (χ2v) is 4.51. The summed E-state index contributed by atoms with van der Waals surface area (Å²) in [5.74, 6) is 2.39. The van der Waals surface area contributed by atoms with Crippen molar-refractivity contribution >= 4 is 11.6 Å². The maximum atomic E-state index is 5.80. The molecule has 0 bridgehead atoms. The summed E-state index contributed by atoms with van der Waals surface area (Å²) in [4.78, 5) is 0. The molecule has 3 nitrogen and oxygen atoms in total. The lowest BCUT2D eigenvalue weighted by Gasteiger charge is -2.14. The fraction of sp³-hybridized carbons (Fsp3) is 0.250. The van der Waals surface area contributed by atoms with Gasteiger partial charge in [0, 0.05) is 5.88 Å². The highest BCUT2D eigenvalue weighted by Gasteiger charge is 2.13. The lowest BCUT2D eigenvalue weighted by Crippen LogP contribution is -1.95. The van der Waals surface area contributed by atoms with Gasteiger partial charge in [0.15, 0.2) is 11.5 Å². The zero-order chi connectivity index (χ0) is 14.5. The van der Waals surface area contributed by atoms with E-state index < -0.39 is 0 Å². The molecule has 0 aromatic heterocycles. The molecule has 2 rings (SSSR count). The molecule has 4 heteroatoms. The SMILES string of the molecule is COc1cc(-c2ccc(CCl)cc2)cc(OC)c1OC. The van der Waals surface area contributed by atoms with Crippen molar-refractivity contribution in [2.75, 3.05) is 21.3 Å². The van der Waals surface area contributed by atoms with Crippen LogP contribution in [0.25, 0.3) is 11.1 Å². The number of halogens is 1. The molecule has 0 fully saturated rings. The first-order chi connectivity index (χ1) is 9.73. The third-order valence-electron chi connectivity index (χ3n) is 3.11. The fourth-order valence-corrected chi connectivity index (χ4v) is 2.21. The van der Waals surface area contributed by atoms with Gasteiger partial charge in [-0.25, -0.2) is 0 Å². The molecule has 20 heavy (non-hydrogen) atoms. The second-order valence-electron chi connectivity index (χ2n) is 4.24. The fourth-order valence-electron chi connectivity index (χ4n) is 2.03. The molecule has 0 spiro atoms. The second kappa shape index (κ2) is 6.53. The first-order valence-electron chi connectivity index (χ1n) is 6.18. The molecule has 2 aromatic carbocycles. The average Bonchev–Trinajstić information content (AvgIpc) is 2.53. The van der Waals surface area contributed by atoms with Gasteiger partial charge < -0.3 is 14.2 Å². The summed E-state index contributed by atoms with van der Waals surface area (Å²) in [6.07, 6.45) is 0. The maximum Gasteiger partial charge on any atom is 0.203 e. The van der Waals surface area contributed by atoms with Gasteiger partial charge in [-0.05, 0) is 28.8 Å². The Bertz CT molecular complexity index is 554. The van der Waals surface area contributed by atoms with Crippen LogP contribution in [-0.4, -0.2) is 21.3 Å². The molecule has 0 radical (unpaired) electrons. The Kier molecular flexibility index (Phi) is 4.74. The zero-order valence-electron chi connectivity index (χ0n) is 11.8. The minimum absolute atomic E-state index is 0.509. The number of alkyl halides is 1. The van der Waals surface area contributed by atoms with Gasteiger partial charge in [-0.15, -0.1) is 11.6 Å². The standard InChI is InChI=1S/C16H17ClO3/c1-18-14-8-13(9-15(19-2)16(14)20-3)12-6-4-11(10-17)5-7-12/h4-9H,10H2,1-3H3. The monoisotopic (exact) mass is 292 g/mol. The van der Waals surface area contributed by atoms with E-state index in [4.69, 9.17) is 25.8 Å². The Morgan fingerprint density at radius 3 is 1.75 bits per heavy atom. The van der Waals surface area contributed by atoms with E-state index in [0.29, 0.717) is 23.1 Å². The minimum atomic E-state index is 0.509. The maximum absolute atomic E-state index is 5.80. The molecule has 106 valence electrons. The van der Waals surface area contributed by atoms with Crippen LogP contribution in [0.1, 0.15) is 5.56 Å². The highest BCUT2D eigenvalue weighted by molar-refractivity contribution is 6.17. The molecule has 0 saturated carbocycles. The predicted octanol–water partition coefficient (Wildman–Crippen LogP) is 4.12. The van der Waals surface area contributed by atoms with E-state index in [1.165, 1.54) is 0 Å². The van der Waals surface area contributed by atoms with Crippen molar-refractivity contribution in [2.45, 2.75) is 5.88 Å². The highest BCUT2D eigenvalue weighted by atomic mass is 35.5. The topological polar surface area (TPSA) is 27.7 Å². The van der Waals surface area contributed by atoms with Crippen LogP contribution in [0.15, 0.2) is 36.4 Å². The quantitative estimate of drug-likeness (QED) is 0.776. The number of hydrogen-bond acceptors (Lipinski definition) is 3. The third-order valence-corrected chi connectivity index (χ3v) is 3.41. The summed E-state index contributed by atoms with van der Waals surface area (Å²) >= 11 is 5.80. The molecule has 2 aromatic rings. The van der Waals surface area contributed by atoms with Gasteiger partial charge in [0.25, 0.3) is 0 Å². The van der Waals surface area contributed by atoms with Gasteiger partial charge in [0.1, 0.15) is 0 Å². The van der Waals surface area contributed by atoms with Crippen molar-refractivity contribution in [3.8, 4) is 28.4 Å². The third kappa shape index (κ3) is 2.83. The first-order valence-corrected chi connectivity index (χ1v) is 6.72. The van der Waals surface area contributed by atoms with Gasteiger partial charge in [-0.2, -0.15) is 0 Å². The Labute approximate surface area is 124 Å². The van der Waals surface area contributed by atoms with E-state index in [1.54, 1.807) is 21.3 Å². The molecule has 0 heterocycles. The number of rotatable bonds is 5. The van der Waals surface area contributed by atoms with Crippen molar-refractivity contribution in [1.82, 2.24) is 0 Å². The van der Waals surface area contributed by atoms with E-state index in [1.807, 2.05) is 36.4 Å². The number of ether oxygens (including phenoxy) is 3. The van der Waals surface area contributed by atoms with Crippen LogP contribution < -0.4 is 14.2 Å². The Balaban J connectivity index is 2.50. The predicted molar refractivity (Wildman–Crippen MR) is 81.1 cm³/mol. The molecular formula is C16H17ClO3. The molecule has 0 saturated heterocycles. The van der Waals surface area contributed by atoms with Crippen molar-refractivity contribution in [2.24, 2.45) is 0 Å². The smallest absolute Gasteiger partial charge is 0.203 e. The van der Waals surface area contributed by atoms with Gasteiger partial charge in [-0.1, -0.05) is 24.3 Å². The van der Waals surface area contributed by atoms with E-state index >= 15 is 0 Å². The molecular weight excluding hydrogens is 276 g/mol. The van der Waals surface area contributed by atoms with Crippen LogP contribution in [0.2, 0.25) is 0 Å². The van der Waals surface area contributed by atoms with Crippen LogP contribution in [0, 0.1) is 0 Å². The Morgan fingerprint density at radius 1 is 0.800 bits per heavy atom. The highest BCUT2D eigenvalue weighted by Crippen LogP contribution is 2.41. The van der Waals surface area contributed by atoms with Crippen LogP contribution in [-0.2, 0) is 5.88 Å². The summed E-state index contributed by atoms with van der Waals surface area (Å²) in [5.41, 5.74) is 3.15. The molecule has 0 aliphatic carbocycles. The normalized spacial score (nSPS) is 10.2. The summed E-state index contributed by atoms with van der Waals surface area (Å²) in [6.45, 7) is 0. The lowest BCUT2D eigenvalue weighted by molar-refractivity contribution is 0.324. The summed E-state index contributed by atoms with van der Waals surface area (Å²) in [6, 6.07) is 11.9. The van der Waals surface area contributed by atoms with Crippen molar-refractivity contribution in [1.29, 1.82) is 0 Å². The molecule has 0 atom stereocenters. The minimum Gasteiger partial charge on any atom is -0.493 e. The number of benzene rings is 2. The van der Waals surface area contributed by atoms with Crippen LogP contribution in [0.3, 0.4) is 0 Å². The van der Waals surface area contributed by atoms with E-state index in [2.05, 4.69) is 0 Å². The summed E-state index contributed by atoms with van der Waals surface area (Å²) in [5, 5.41) is 0. The number of hydrogen-bond donors (Lipinski definition) is 0. The molecule has 0 N–H and O–H groups in total. The summed E-state index contributed by atoms with van der Waals surface area (Å²) < 4.78 is 16.0. The van der Waals surface area contributed by atoms with Gasteiger partial charge in [-0.3, -0.25) is 0 Å². The lowest BCUT2D eigenvalue weighted by atomic mass is 10.0. The van der Waals surface area contributed by atoms with Crippen molar-refractivity contribution in [3.63, 3.8) is 0 Å². The molecule has 0 unspecified atom stereocenters.